The number of benzene rings is 1. The summed E-state index contributed by atoms with van der Waals surface area (Å²) < 4.78 is 6.83. The van der Waals surface area contributed by atoms with Gasteiger partial charge in [0.15, 0.2) is 6.61 Å². The van der Waals surface area contributed by atoms with Crippen molar-refractivity contribution in [1.82, 2.24) is 15.4 Å². The molecule has 2 aromatic rings. The van der Waals surface area contributed by atoms with Crippen molar-refractivity contribution < 1.29 is 14.6 Å². The summed E-state index contributed by atoms with van der Waals surface area (Å²) in [5.74, 6) is 0.591. The molecule has 1 fully saturated rings. The SMILES string of the molecule is Cc1cc(OCC(=O)N/N=C/c2cc(Br)cc(Br)c2O)nc(N2CCCCCC2)n1. The third-order valence-corrected chi connectivity index (χ3v) is 5.57. The van der Waals surface area contributed by atoms with Gasteiger partial charge in [0.25, 0.3) is 5.91 Å². The van der Waals surface area contributed by atoms with E-state index < -0.39 is 5.91 Å². The van der Waals surface area contributed by atoms with E-state index in [4.69, 9.17) is 4.74 Å². The molecule has 0 saturated carbocycles. The zero-order valence-corrected chi connectivity index (χ0v) is 19.7. The molecule has 2 heterocycles. The van der Waals surface area contributed by atoms with E-state index in [0.717, 1.165) is 36.1 Å². The Morgan fingerprint density at radius 1 is 1.23 bits per heavy atom. The summed E-state index contributed by atoms with van der Waals surface area (Å²) in [7, 11) is 0. The average Bonchev–Trinajstić information content (AvgIpc) is 2.99. The van der Waals surface area contributed by atoms with Crippen molar-refractivity contribution in [2.45, 2.75) is 32.6 Å². The predicted octanol–water partition coefficient (Wildman–Crippen LogP) is 3.93. The van der Waals surface area contributed by atoms with Gasteiger partial charge in [0, 0.05) is 34.9 Å². The summed E-state index contributed by atoms with van der Waals surface area (Å²) in [6, 6.07) is 5.10. The summed E-state index contributed by atoms with van der Waals surface area (Å²) in [4.78, 5) is 23.2. The average molecular weight is 541 g/mol. The first-order valence-electron chi connectivity index (χ1n) is 9.66. The smallest absolute Gasteiger partial charge is 0.278 e. The first-order valence-corrected chi connectivity index (χ1v) is 11.2. The molecule has 2 N–H and O–H groups in total. The number of hydrogen-bond acceptors (Lipinski definition) is 7. The Labute approximate surface area is 192 Å². The maximum Gasteiger partial charge on any atom is 0.278 e. The van der Waals surface area contributed by atoms with Crippen molar-refractivity contribution >= 4 is 49.9 Å². The van der Waals surface area contributed by atoms with Crippen LogP contribution < -0.4 is 15.1 Å². The quantitative estimate of drug-likeness (QED) is 0.425. The minimum absolute atomic E-state index is 0.0324. The Balaban J connectivity index is 1.57. The van der Waals surface area contributed by atoms with Crippen molar-refractivity contribution in [3.63, 3.8) is 0 Å². The number of anilines is 1. The number of aromatic nitrogens is 2. The Kier molecular flexibility index (Phi) is 8.03. The Hall–Kier alpha value is -2.20. The highest BCUT2D eigenvalue weighted by Gasteiger charge is 2.15. The monoisotopic (exact) mass is 539 g/mol. The maximum absolute atomic E-state index is 12.1. The molecule has 1 amide bonds. The molecule has 0 unspecified atom stereocenters. The number of hydrogen-bond donors (Lipinski definition) is 2. The van der Waals surface area contributed by atoms with Crippen LogP contribution in [0, 0.1) is 6.92 Å². The van der Waals surface area contributed by atoms with Gasteiger partial charge in [0.05, 0.1) is 10.7 Å². The van der Waals surface area contributed by atoms with Crippen LogP contribution in [0.3, 0.4) is 0 Å². The van der Waals surface area contributed by atoms with E-state index in [9.17, 15) is 9.90 Å². The molecule has 1 aliphatic heterocycles. The molecule has 3 rings (SSSR count). The molecule has 0 atom stereocenters. The van der Waals surface area contributed by atoms with E-state index in [2.05, 4.69) is 57.3 Å². The topological polar surface area (TPSA) is 99.9 Å². The van der Waals surface area contributed by atoms with Gasteiger partial charge in [-0.3, -0.25) is 4.79 Å². The number of carbonyl (C=O) groups excluding carboxylic acids is 1. The highest BCUT2D eigenvalue weighted by molar-refractivity contribution is 9.11. The number of phenols is 1. The number of rotatable bonds is 6. The molecule has 0 spiro atoms. The Morgan fingerprint density at radius 2 is 1.97 bits per heavy atom. The zero-order valence-electron chi connectivity index (χ0n) is 16.6. The minimum Gasteiger partial charge on any atom is -0.506 e. The lowest BCUT2D eigenvalue weighted by molar-refractivity contribution is -0.123. The van der Waals surface area contributed by atoms with Crippen molar-refractivity contribution in [3.05, 3.63) is 38.4 Å². The fourth-order valence-corrected chi connectivity index (χ4v) is 4.30. The standard InChI is InChI=1S/C20H23Br2N5O3/c1-13-8-18(25-20(24-13)27-6-4-2-3-5-7-27)30-12-17(28)26-23-11-14-9-15(21)10-16(22)19(14)29/h8-11,29H,2-7,12H2,1H3,(H,26,28)/b23-11+. The normalized spacial score (nSPS) is 14.6. The summed E-state index contributed by atoms with van der Waals surface area (Å²) in [6.07, 6.45) is 6.05. The number of carbonyl (C=O) groups is 1. The highest BCUT2D eigenvalue weighted by atomic mass is 79.9. The molecule has 0 radical (unpaired) electrons. The summed E-state index contributed by atoms with van der Waals surface area (Å²) in [5.41, 5.74) is 3.61. The molecule has 10 heteroatoms. The number of aromatic hydroxyl groups is 1. The Bertz CT molecular complexity index is 931. The molecule has 1 aromatic heterocycles. The molecule has 30 heavy (non-hydrogen) atoms. The second kappa shape index (κ2) is 10.7. The summed E-state index contributed by atoms with van der Waals surface area (Å²) in [6.45, 7) is 3.50. The number of phenolic OH excluding ortho intramolecular Hbond substituents is 1. The van der Waals surface area contributed by atoms with E-state index >= 15 is 0 Å². The van der Waals surface area contributed by atoms with Crippen LogP contribution in [0.2, 0.25) is 0 Å². The maximum atomic E-state index is 12.1. The van der Waals surface area contributed by atoms with Crippen LogP contribution in [-0.4, -0.2) is 46.9 Å². The fraction of sp³-hybridized carbons (Fsp3) is 0.400. The number of hydrazone groups is 1. The largest absolute Gasteiger partial charge is 0.506 e. The van der Waals surface area contributed by atoms with Gasteiger partial charge >= 0.3 is 0 Å². The molecule has 0 bridgehead atoms. The van der Waals surface area contributed by atoms with Crippen LogP contribution in [0.5, 0.6) is 11.6 Å². The van der Waals surface area contributed by atoms with Crippen LogP contribution in [-0.2, 0) is 4.79 Å². The first-order chi connectivity index (χ1) is 14.4. The van der Waals surface area contributed by atoms with Crippen LogP contribution in [0.25, 0.3) is 0 Å². The van der Waals surface area contributed by atoms with E-state index in [1.54, 1.807) is 18.2 Å². The molecule has 1 aliphatic rings. The fourth-order valence-electron chi connectivity index (χ4n) is 3.04. The number of nitrogens with one attached hydrogen (secondary N) is 1. The minimum atomic E-state index is -0.438. The van der Waals surface area contributed by atoms with Gasteiger partial charge in [0.2, 0.25) is 11.8 Å². The van der Waals surface area contributed by atoms with Crippen LogP contribution in [0.1, 0.15) is 36.9 Å². The van der Waals surface area contributed by atoms with Crippen molar-refractivity contribution in [3.8, 4) is 11.6 Å². The van der Waals surface area contributed by atoms with E-state index in [-0.39, 0.29) is 12.4 Å². The van der Waals surface area contributed by atoms with Crippen LogP contribution in [0.15, 0.2) is 32.2 Å². The highest BCUT2D eigenvalue weighted by Crippen LogP contribution is 2.30. The number of aryl methyl sites for hydroxylation is 1. The first kappa shape index (κ1) is 22.5. The van der Waals surface area contributed by atoms with Gasteiger partial charge in [-0.2, -0.15) is 10.1 Å². The van der Waals surface area contributed by atoms with Gasteiger partial charge in [-0.05, 0) is 47.8 Å². The lowest BCUT2D eigenvalue weighted by atomic mass is 10.2. The summed E-state index contributed by atoms with van der Waals surface area (Å²) >= 11 is 6.59. The van der Waals surface area contributed by atoms with Crippen molar-refractivity contribution in [1.29, 1.82) is 0 Å². The molecule has 1 aromatic carbocycles. The van der Waals surface area contributed by atoms with Crippen LogP contribution >= 0.6 is 31.9 Å². The summed E-state index contributed by atoms with van der Waals surface area (Å²) in [5, 5.41) is 13.9. The third kappa shape index (κ3) is 6.40. The van der Waals surface area contributed by atoms with E-state index in [1.165, 1.54) is 19.1 Å². The second-order valence-corrected chi connectivity index (χ2v) is 8.73. The van der Waals surface area contributed by atoms with Crippen molar-refractivity contribution in [2.75, 3.05) is 24.6 Å². The van der Waals surface area contributed by atoms with Gasteiger partial charge in [-0.1, -0.05) is 28.8 Å². The zero-order chi connectivity index (χ0) is 21.5. The number of nitrogens with zero attached hydrogens (tertiary/aromatic N) is 4. The molecule has 1 saturated heterocycles. The Morgan fingerprint density at radius 3 is 2.70 bits per heavy atom. The van der Waals surface area contributed by atoms with Crippen LogP contribution in [0.4, 0.5) is 5.95 Å². The van der Waals surface area contributed by atoms with Gasteiger partial charge in [-0.15, -0.1) is 0 Å². The number of amides is 1. The third-order valence-electron chi connectivity index (χ3n) is 4.51. The van der Waals surface area contributed by atoms with Gasteiger partial charge < -0.3 is 14.7 Å². The molecule has 160 valence electrons. The lowest BCUT2D eigenvalue weighted by Gasteiger charge is -2.20. The van der Waals surface area contributed by atoms with E-state index in [0.29, 0.717) is 21.9 Å². The van der Waals surface area contributed by atoms with Crippen molar-refractivity contribution in [2.24, 2.45) is 5.10 Å². The number of ether oxygens (including phenoxy) is 1. The van der Waals surface area contributed by atoms with E-state index in [1.807, 2.05) is 6.92 Å². The molecule has 8 nitrogen and oxygen atoms in total. The molecule has 0 aliphatic carbocycles. The van der Waals surface area contributed by atoms with Gasteiger partial charge in [-0.25, -0.2) is 10.4 Å². The lowest BCUT2D eigenvalue weighted by Crippen LogP contribution is -2.27. The number of halogens is 2. The molecular weight excluding hydrogens is 518 g/mol. The second-order valence-electron chi connectivity index (χ2n) is 6.96. The predicted molar refractivity (Wildman–Crippen MR) is 122 cm³/mol. The van der Waals surface area contributed by atoms with Gasteiger partial charge in [0.1, 0.15) is 5.75 Å². The molecular formula is C20H23Br2N5O3.